The van der Waals surface area contributed by atoms with Gasteiger partial charge in [-0.05, 0) is 30.9 Å². The maximum atomic E-state index is 5.54. The molecule has 0 unspecified atom stereocenters. The summed E-state index contributed by atoms with van der Waals surface area (Å²) in [5.74, 6) is 1.10. The lowest BCUT2D eigenvalue weighted by Gasteiger charge is -2.15. The Kier molecular flexibility index (Phi) is 23.0. The molecule has 0 aromatic rings. The van der Waals surface area contributed by atoms with Gasteiger partial charge in [0.15, 0.2) is 5.76 Å². The zero-order valence-electron chi connectivity index (χ0n) is 23.4. The van der Waals surface area contributed by atoms with Crippen LogP contribution in [0.25, 0.3) is 0 Å². The van der Waals surface area contributed by atoms with E-state index in [1.807, 2.05) is 0 Å². The highest BCUT2D eigenvalue weighted by Crippen LogP contribution is 2.25. The van der Waals surface area contributed by atoms with Crippen molar-refractivity contribution in [3.05, 3.63) is 23.7 Å². The van der Waals surface area contributed by atoms with Gasteiger partial charge in [0.1, 0.15) is 6.26 Å². The highest BCUT2D eigenvalue weighted by Gasteiger charge is 2.11. The van der Waals surface area contributed by atoms with Crippen molar-refractivity contribution < 1.29 is 9.78 Å². The summed E-state index contributed by atoms with van der Waals surface area (Å²) in [6, 6.07) is 0. The van der Waals surface area contributed by atoms with Crippen LogP contribution in [0.3, 0.4) is 0 Å². The molecule has 0 amide bonds. The standard InChI is InChI=1S/C32H60O2/c1-3-5-7-9-11-13-15-17-19-21-23-25-27-31-29-30-33-34-32(31)28-26-24-22-20-18-16-14-12-10-8-6-4-2/h29-30H,3-28H2,1-2H3. The van der Waals surface area contributed by atoms with Crippen LogP contribution < -0.4 is 0 Å². The van der Waals surface area contributed by atoms with Gasteiger partial charge in [0.25, 0.3) is 0 Å². The molecule has 1 heterocycles. The van der Waals surface area contributed by atoms with E-state index in [-0.39, 0.29) is 0 Å². The Morgan fingerprint density at radius 3 is 1.21 bits per heavy atom. The van der Waals surface area contributed by atoms with Gasteiger partial charge < -0.3 is 0 Å². The molecule has 2 nitrogen and oxygen atoms in total. The Morgan fingerprint density at radius 1 is 0.441 bits per heavy atom. The lowest BCUT2D eigenvalue weighted by atomic mass is 10.0. The monoisotopic (exact) mass is 476 g/mol. The molecule has 0 bridgehead atoms. The summed E-state index contributed by atoms with van der Waals surface area (Å²) in [6.45, 7) is 4.59. The molecule has 0 aromatic carbocycles. The van der Waals surface area contributed by atoms with Crippen LogP contribution in [0.1, 0.15) is 181 Å². The summed E-state index contributed by atoms with van der Waals surface area (Å²) in [4.78, 5) is 10.7. The maximum absolute atomic E-state index is 5.54. The molecule has 0 radical (unpaired) electrons. The van der Waals surface area contributed by atoms with Crippen molar-refractivity contribution in [2.75, 3.05) is 0 Å². The average molecular weight is 477 g/mol. The summed E-state index contributed by atoms with van der Waals surface area (Å²) in [6.07, 6.45) is 39.6. The molecule has 0 aliphatic carbocycles. The van der Waals surface area contributed by atoms with Crippen molar-refractivity contribution in [1.82, 2.24) is 0 Å². The molecule has 0 aromatic heterocycles. The molecule has 1 rings (SSSR count). The molecule has 0 fully saturated rings. The third-order valence-corrected chi connectivity index (χ3v) is 7.39. The third-order valence-electron chi connectivity index (χ3n) is 7.39. The van der Waals surface area contributed by atoms with Crippen molar-refractivity contribution in [3.8, 4) is 0 Å². The summed E-state index contributed by atoms with van der Waals surface area (Å²) in [7, 11) is 0. The van der Waals surface area contributed by atoms with Gasteiger partial charge >= 0.3 is 0 Å². The van der Waals surface area contributed by atoms with Crippen LogP contribution in [-0.2, 0) is 9.78 Å². The van der Waals surface area contributed by atoms with Crippen molar-refractivity contribution in [1.29, 1.82) is 0 Å². The van der Waals surface area contributed by atoms with Gasteiger partial charge in [-0.15, -0.1) is 0 Å². The smallest absolute Gasteiger partial charge is 0.158 e. The van der Waals surface area contributed by atoms with Crippen LogP contribution in [0, 0.1) is 0 Å². The van der Waals surface area contributed by atoms with Crippen LogP contribution in [-0.4, -0.2) is 0 Å². The molecule has 0 N–H and O–H groups in total. The molecule has 200 valence electrons. The van der Waals surface area contributed by atoms with E-state index >= 15 is 0 Å². The molecule has 0 saturated carbocycles. The lowest BCUT2D eigenvalue weighted by Crippen LogP contribution is -2.01. The minimum atomic E-state index is 1.04. The second-order valence-electron chi connectivity index (χ2n) is 10.7. The van der Waals surface area contributed by atoms with E-state index in [1.54, 1.807) is 6.26 Å². The van der Waals surface area contributed by atoms with Crippen LogP contribution in [0.15, 0.2) is 23.7 Å². The minimum Gasteiger partial charge on any atom is -0.298 e. The number of unbranched alkanes of at least 4 members (excludes halogenated alkanes) is 22. The normalized spacial score (nSPS) is 13.4. The topological polar surface area (TPSA) is 18.5 Å². The van der Waals surface area contributed by atoms with E-state index in [1.165, 1.54) is 160 Å². The molecule has 0 saturated heterocycles. The zero-order chi connectivity index (χ0) is 24.4. The Bertz CT molecular complexity index is 479. The van der Waals surface area contributed by atoms with Gasteiger partial charge in [-0.3, -0.25) is 9.78 Å². The van der Waals surface area contributed by atoms with Crippen molar-refractivity contribution in [2.45, 2.75) is 181 Å². The summed E-state index contributed by atoms with van der Waals surface area (Å²) >= 11 is 0. The zero-order valence-corrected chi connectivity index (χ0v) is 23.4. The minimum absolute atomic E-state index is 1.04. The third kappa shape index (κ3) is 19.4. The van der Waals surface area contributed by atoms with E-state index in [9.17, 15) is 0 Å². The van der Waals surface area contributed by atoms with Gasteiger partial charge in [-0.25, -0.2) is 0 Å². The van der Waals surface area contributed by atoms with Crippen molar-refractivity contribution in [3.63, 3.8) is 0 Å². The first kappa shape index (κ1) is 31.1. The van der Waals surface area contributed by atoms with E-state index < -0.39 is 0 Å². The fourth-order valence-electron chi connectivity index (χ4n) is 5.05. The lowest BCUT2D eigenvalue weighted by molar-refractivity contribution is -0.218. The summed E-state index contributed by atoms with van der Waals surface area (Å²) < 4.78 is 0. The molecule has 0 spiro atoms. The Labute approximate surface area is 214 Å². The Balaban J connectivity index is 1.96. The van der Waals surface area contributed by atoms with E-state index in [0.29, 0.717) is 0 Å². The highest BCUT2D eigenvalue weighted by atomic mass is 17.2. The second kappa shape index (κ2) is 25.2. The average Bonchev–Trinajstić information content (AvgIpc) is 2.86. The molecular formula is C32H60O2. The number of rotatable bonds is 26. The van der Waals surface area contributed by atoms with Crippen molar-refractivity contribution >= 4 is 0 Å². The quantitative estimate of drug-likeness (QED) is 0.0912. The van der Waals surface area contributed by atoms with Crippen LogP contribution in [0.2, 0.25) is 0 Å². The maximum Gasteiger partial charge on any atom is 0.158 e. The highest BCUT2D eigenvalue weighted by molar-refractivity contribution is 5.22. The van der Waals surface area contributed by atoms with Crippen LogP contribution in [0.5, 0.6) is 0 Å². The SMILES string of the molecule is CCCCCCCCCCCCCCC1=C(CCCCCCCCCCCCCC)OOC=C1. The molecule has 0 atom stereocenters. The van der Waals surface area contributed by atoms with Gasteiger partial charge in [0.05, 0.1) is 0 Å². The molecular weight excluding hydrogens is 416 g/mol. The van der Waals surface area contributed by atoms with E-state index in [0.717, 1.165) is 18.6 Å². The van der Waals surface area contributed by atoms with Gasteiger partial charge in [-0.2, -0.15) is 0 Å². The molecule has 1 aliphatic rings. The Hall–Kier alpha value is -0.920. The second-order valence-corrected chi connectivity index (χ2v) is 10.7. The molecule has 2 heteroatoms. The first-order valence-corrected chi connectivity index (χ1v) is 15.6. The fraction of sp³-hybridized carbons (Fsp3) is 0.875. The predicted octanol–water partition coefficient (Wildman–Crippen LogP) is 11.9. The largest absolute Gasteiger partial charge is 0.298 e. The van der Waals surface area contributed by atoms with Crippen LogP contribution in [0.4, 0.5) is 0 Å². The summed E-state index contributed by atoms with van der Waals surface area (Å²) in [5.41, 5.74) is 1.38. The van der Waals surface area contributed by atoms with Crippen molar-refractivity contribution in [2.24, 2.45) is 0 Å². The number of allylic oxidation sites excluding steroid dienone is 3. The number of hydrogen-bond acceptors (Lipinski definition) is 2. The van der Waals surface area contributed by atoms with E-state index in [4.69, 9.17) is 9.78 Å². The predicted molar refractivity (Wildman–Crippen MR) is 150 cm³/mol. The van der Waals surface area contributed by atoms with Crippen LogP contribution >= 0.6 is 0 Å². The fourth-order valence-corrected chi connectivity index (χ4v) is 5.05. The van der Waals surface area contributed by atoms with Gasteiger partial charge in [-0.1, -0.05) is 155 Å². The van der Waals surface area contributed by atoms with Gasteiger partial charge in [0.2, 0.25) is 0 Å². The van der Waals surface area contributed by atoms with E-state index in [2.05, 4.69) is 19.9 Å². The Morgan fingerprint density at radius 2 is 0.794 bits per heavy atom. The number of hydrogen-bond donors (Lipinski definition) is 0. The first-order valence-electron chi connectivity index (χ1n) is 15.6. The summed E-state index contributed by atoms with van der Waals surface area (Å²) in [5, 5.41) is 0. The first-order chi connectivity index (χ1) is 16.9. The molecule has 34 heavy (non-hydrogen) atoms. The molecule has 1 aliphatic heterocycles. The van der Waals surface area contributed by atoms with Gasteiger partial charge in [0, 0.05) is 6.42 Å².